The molecule has 1 spiro atoms. The Hall–Kier alpha value is -2.47. The summed E-state index contributed by atoms with van der Waals surface area (Å²) in [6.07, 6.45) is 7.15. The SMILES string of the molecule is O=C([C@@H]1CCCO1)N1CCC2(CC1)CN(c1ncccn1)c1ccccc12. The van der Waals surface area contributed by atoms with Gasteiger partial charge in [-0.15, -0.1) is 0 Å². The van der Waals surface area contributed by atoms with Gasteiger partial charge < -0.3 is 14.5 Å². The number of aromatic nitrogens is 2. The number of likely N-dealkylation sites (tertiary alicyclic amines) is 1. The van der Waals surface area contributed by atoms with E-state index in [1.54, 1.807) is 12.4 Å². The van der Waals surface area contributed by atoms with Gasteiger partial charge in [-0.25, -0.2) is 9.97 Å². The van der Waals surface area contributed by atoms with E-state index in [1.807, 2.05) is 11.0 Å². The van der Waals surface area contributed by atoms with Crippen LogP contribution in [0.4, 0.5) is 11.6 Å². The fourth-order valence-electron chi connectivity index (χ4n) is 4.80. The summed E-state index contributed by atoms with van der Waals surface area (Å²) in [6, 6.07) is 10.4. The number of piperidine rings is 1. The van der Waals surface area contributed by atoms with E-state index in [4.69, 9.17) is 4.74 Å². The van der Waals surface area contributed by atoms with Gasteiger partial charge in [0.25, 0.3) is 5.91 Å². The third-order valence-electron chi connectivity index (χ3n) is 6.26. The molecule has 0 aliphatic carbocycles. The van der Waals surface area contributed by atoms with Crippen molar-refractivity contribution in [3.8, 4) is 0 Å². The first-order valence-electron chi connectivity index (χ1n) is 9.81. The molecule has 0 N–H and O–H groups in total. The first-order valence-corrected chi connectivity index (χ1v) is 9.81. The molecule has 1 atom stereocenters. The van der Waals surface area contributed by atoms with Crippen LogP contribution in [0.5, 0.6) is 0 Å². The number of para-hydroxylation sites is 1. The van der Waals surface area contributed by atoms with Crippen LogP contribution in [0.25, 0.3) is 0 Å². The van der Waals surface area contributed by atoms with E-state index in [1.165, 1.54) is 11.3 Å². The highest BCUT2D eigenvalue weighted by Crippen LogP contribution is 2.48. The Morgan fingerprint density at radius 1 is 1.11 bits per heavy atom. The number of hydrogen-bond acceptors (Lipinski definition) is 5. The second-order valence-corrected chi connectivity index (χ2v) is 7.76. The summed E-state index contributed by atoms with van der Waals surface area (Å²) in [4.78, 5) is 25.9. The van der Waals surface area contributed by atoms with Crippen molar-refractivity contribution in [1.29, 1.82) is 0 Å². The number of benzene rings is 1. The normalized spacial score (nSPS) is 23.6. The molecule has 3 aliphatic rings. The van der Waals surface area contributed by atoms with Crippen LogP contribution in [-0.4, -0.2) is 53.1 Å². The van der Waals surface area contributed by atoms with E-state index in [2.05, 4.69) is 39.1 Å². The zero-order chi connectivity index (χ0) is 18.3. The number of fused-ring (bicyclic) bond motifs is 2. The molecule has 0 bridgehead atoms. The quantitative estimate of drug-likeness (QED) is 0.820. The van der Waals surface area contributed by atoms with Crippen molar-refractivity contribution in [2.75, 3.05) is 31.1 Å². The van der Waals surface area contributed by atoms with Gasteiger partial charge >= 0.3 is 0 Å². The van der Waals surface area contributed by atoms with Gasteiger partial charge in [-0.2, -0.15) is 0 Å². The molecule has 2 aromatic rings. The Labute approximate surface area is 159 Å². The number of amides is 1. The second kappa shape index (κ2) is 6.60. The molecule has 6 heteroatoms. The molecule has 27 heavy (non-hydrogen) atoms. The molecular weight excluding hydrogens is 340 g/mol. The molecule has 3 aliphatic heterocycles. The lowest BCUT2D eigenvalue weighted by atomic mass is 9.74. The van der Waals surface area contributed by atoms with Gasteiger partial charge in [0.05, 0.1) is 0 Å². The zero-order valence-corrected chi connectivity index (χ0v) is 15.4. The molecule has 2 fully saturated rings. The molecule has 4 heterocycles. The highest BCUT2D eigenvalue weighted by atomic mass is 16.5. The minimum absolute atomic E-state index is 0.0586. The Morgan fingerprint density at radius 3 is 2.63 bits per heavy atom. The van der Waals surface area contributed by atoms with Gasteiger partial charge in [-0.3, -0.25) is 4.79 Å². The van der Waals surface area contributed by atoms with E-state index in [0.29, 0.717) is 6.61 Å². The summed E-state index contributed by atoms with van der Waals surface area (Å²) >= 11 is 0. The number of carbonyl (C=O) groups is 1. The van der Waals surface area contributed by atoms with E-state index in [-0.39, 0.29) is 17.4 Å². The maximum Gasteiger partial charge on any atom is 0.251 e. The summed E-state index contributed by atoms with van der Waals surface area (Å²) in [5.41, 5.74) is 2.62. The van der Waals surface area contributed by atoms with Crippen molar-refractivity contribution >= 4 is 17.5 Å². The van der Waals surface area contributed by atoms with E-state index in [9.17, 15) is 4.79 Å². The average Bonchev–Trinajstić information content (AvgIpc) is 3.37. The van der Waals surface area contributed by atoms with Crippen LogP contribution < -0.4 is 4.90 Å². The molecule has 1 aromatic heterocycles. The van der Waals surface area contributed by atoms with Crippen molar-refractivity contribution < 1.29 is 9.53 Å². The monoisotopic (exact) mass is 364 g/mol. The lowest BCUT2D eigenvalue weighted by Crippen LogP contribution is -2.49. The van der Waals surface area contributed by atoms with Crippen molar-refractivity contribution in [3.63, 3.8) is 0 Å². The molecule has 1 amide bonds. The molecule has 2 saturated heterocycles. The van der Waals surface area contributed by atoms with E-state index >= 15 is 0 Å². The van der Waals surface area contributed by atoms with Crippen LogP contribution in [0.1, 0.15) is 31.2 Å². The van der Waals surface area contributed by atoms with Gasteiger partial charge in [-0.1, -0.05) is 18.2 Å². The predicted octanol–water partition coefficient (Wildman–Crippen LogP) is 2.67. The summed E-state index contributed by atoms with van der Waals surface area (Å²) in [7, 11) is 0. The van der Waals surface area contributed by atoms with Gasteiger partial charge in [0, 0.05) is 49.7 Å². The largest absolute Gasteiger partial charge is 0.368 e. The van der Waals surface area contributed by atoms with Crippen molar-refractivity contribution in [1.82, 2.24) is 14.9 Å². The number of rotatable bonds is 2. The number of ether oxygens (including phenoxy) is 1. The van der Waals surface area contributed by atoms with E-state index < -0.39 is 0 Å². The Morgan fingerprint density at radius 2 is 1.89 bits per heavy atom. The van der Waals surface area contributed by atoms with Crippen LogP contribution in [0.3, 0.4) is 0 Å². The lowest BCUT2D eigenvalue weighted by Gasteiger charge is -2.40. The average molecular weight is 364 g/mol. The Balaban J connectivity index is 1.39. The molecule has 0 radical (unpaired) electrons. The molecule has 5 rings (SSSR count). The molecule has 6 nitrogen and oxygen atoms in total. The zero-order valence-electron chi connectivity index (χ0n) is 15.4. The van der Waals surface area contributed by atoms with Crippen molar-refractivity contribution in [2.24, 2.45) is 0 Å². The Bertz CT molecular complexity index is 827. The fourth-order valence-corrected chi connectivity index (χ4v) is 4.80. The third kappa shape index (κ3) is 2.79. The summed E-state index contributed by atoms with van der Waals surface area (Å²) in [5.74, 6) is 0.927. The van der Waals surface area contributed by atoms with Crippen LogP contribution in [0.15, 0.2) is 42.7 Å². The van der Waals surface area contributed by atoms with Crippen LogP contribution in [0, 0.1) is 0 Å². The summed E-state index contributed by atoms with van der Waals surface area (Å²) in [6.45, 7) is 3.17. The highest BCUT2D eigenvalue weighted by molar-refractivity contribution is 5.81. The second-order valence-electron chi connectivity index (χ2n) is 7.76. The van der Waals surface area contributed by atoms with Crippen molar-refractivity contribution in [2.45, 2.75) is 37.2 Å². The first-order chi connectivity index (χ1) is 13.3. The smallest absolute Gasteiger partial charge is 0.251 e. The van der Waals surface area contributed by atoms with Gasteiger partial charge in [0.1, 0.15) is 6.10 Å². The Kier molecular flexibility index (Phi) is 4.08. The highest BCUT2D eigenvalue weighted by Gasteiger charge is 2.46. The van der Waals surface area contributed by atoms with Gasteiger partial charge in [0.15, 0.2) is 0 Å². The summed E-state index contributed by atoms with van der Waals surface area (Å²) in [5, 5.41) is 0. The first kappa shape index (κ1) is 16.7. The third-order valence-corrected chi connectivity index (χ3v) is 6.26. The number of nitrogens with zero attached hydrogens (tertiary/aromatic N) is 4. The van der Waals surface area contributed by atoms with Crippen LogP contribution >= 0.6 is 0 Å². The minimum Gasteiger partial charge on any atom is -0.368 e. The molecule has 140 valence electrons. The topological polar surface area (TPSA) is 58.6 Å². The minimum atomic E-state index is -0.218. The molecule has 1 aromatic carbocycles. The number of carbonyl (C=O) groups excluding carboxylic acids is 1. The van der Waals surface area contributed by atoms with Crippen LogP contribution in [-0.2, 0) is 14.9 Å². The van der Waals surface area contributed by atoms with Crippen LogP contribution in [0.2, 0.25) is 0 Å². The van der Waals surface area contributed by atoms with Gasteiger partial charge in [0.2, 0.25) is 5.95 Å². The predicted molar refractivity (Wildman–Crippen MR) is 102 cm³/mol. The number of hydrogen-bond donors (Lipinski definition) is 0. The lowest BCUT2D eigenvalue weighted by molar-refractivity contribution is -0.142. The summed E-state index contributed by atoms with van der Waals surface area (Å²) < 4.78 is 5.60. The van der Waals surface area contributed by atoms with E-state index in [0.717, 1.165) is 51.3 Å². The maximum absolute atomic E-state index is 12.7. The molecule has 0 unspecified atom stereocenters. The maximum atomic E-state index is 12.7. The molecule has 0 saturated carbocycles. The fraction of sp³-hybridized carbons (Fsp3) is 0.476. The standard InChI is InChI=1S/C21H24N4O2/c26-19(18-7-3-14-27-18)24-12-8-21(9-13-24)15-25(20-22-10-4-11-23-20)17-6-2-1-5-16(17)21/h1-2,4-6,10-11,18H,3,7-9,12-15H2/t18-/m0/s1. The van der Waals surface area contributed by atoms with Gasteiger partial charge in [-0.05, 0) is 43.4 Å². The van der Waals surface area contributed by atoms with Crippen molar-refractivity contribution in [3.05, 3.63) is 48.3 Å². The number of anilines is 2. The molecular formula is C21H24N4O2.